The summed E-state index contributed by atoms with van der Waals surface area (Å²) in [6, 6.07) is 0.654. The monoisotopic (exact) mass is 260 g/mol. The predicted octanol–water partition coefficient (Wildman–Crippen LogP) is 1.69. The number of rotatable bonds is 7. The van der Waals surface area contributed by atoms with Crippen LogP contribution in [0.3, 0.4) is 0 Å². The van der Waals surface area contributed by atoms with Crippen LogP contribution in [-0.2, 0) is 4.74 Å². The van der Waals surface area contributed by atoms with Crippen molar-refractivity contribution in [2.24, 2.45) is 5.41 Å². The third-order valence-electron chi connectivity index (χ3n) is 3.85. The molecule has 1 fully saturated rings. The van der Waals surface area contributed by atoms with Crippen molar-refractivity contribution in [1.29, 1.82) is 0 Å². The molecule has 17 heavy (non-hydrogen) atoms. The molecule has 0 aromatic heterocycles. The van der Waals surface area contributed by atoms with Crippen LogP contribution in [0.4, 0.5) is 0 Å². The Hall–Kier alpha value is 0.230. The van der Waals surface area contributed by atoms with Gasteiger partial charge in [0.05, 0.1) is 0 Å². The highest BCUT2D eigenvalue weighted by Crippen LogP contribution is 2.31. The van der Waals surface area contributed by atoms with E-state index in [2.05, 4.69) is 37.5 Å². The summed E-state index contributed by atoms with van der Waals surface area (Å²) >= 11 is 1.93. The fourth-order valence-corrected chi connectivity index (χ4v) is 3.36. The lowest BCUT2D eigenvalue weighted by atomic mass is 9.79. The lowest BCUT2D eigenvalue weighted by Gasteiger charge is -2.41. The first-order valence-corrected chi connectivity index (χ1v) is 7.94. The van der Waals surface area contributed by atoms with E-state index in [1.54, 1.807) is 0 Å². The number of hydrogen-bond acceptors (Lipinski definition) is 4. The Labute approximate surface area is 111 Å². The number of ether oxygens (including phenoxy) is 1. The van der Waals surface area contributed by atoms with Crippen molar-refractivity contribution >= 4 is 11.8 Å². The van der Waals surface area contributed by atoms with E-state index in [0.717, 1.165) is 19.8 Å². The molecule has 1 rings (SSSR count). The zero-order chi connectivity index (χ0) is 12.7. The molecule has 0 radical (unpaired) electrons. The van der Waals surface area contributed by atoms with Gasteiger partial charge < -0.3 is 15.0 Å². The molecule has 0 bridgehead atoms. The van der Waals surface area contributed by atoms with Crippen LogP contribution in [0.15, 0.2) is 0 Å². The van der Waals surface area contributed by atoms with E-state index in [1.807, 2.05) is 11.8 Å². The van der Waals surface area contributed by atoms with Crippen LogP contribution in [0.1, 0.15) is 19.8 Å². The van der Waals surface area contributed by atoms with Gasteiger partial charge in [-0.05, 0) is 45.5 Å². The van der Waals surface area contributed by atoms with Gasteiger partial charge in [-0.25, -0.2) is 0 Å². The Morgan fingerprint density at radius 3 is 2.59 bits per heavy atom. The highest BCUT2D eigenvalue weighted by molar-refractivity contribution is 7.98. The van der Waals surface area contributed by atoms with E-state index in [1.165, 1.54) is 25.1 Å². The van der Waals surface area contributed by atoms with Gasteiger partial charge in [-0.2, -0.15) is 11.8 Å². The fourth-order valence-electron chi connectivity index (χ4n) is 2.62. The van der Waals surface area contributed by atoms with Gasteiger partial charge in [0.25, 0.3) is 0 Å². The van der Waals surface area contributed by atoms with Gasteiger partial charge in [-0.15, -0.1) is 0 Å². The molecule has 0 aromatic rings. The summed E-state index contributed by atoms with van der Waals surface area (Å²) in [6.45, 7) is 6.45. The molecule has 1 N–H and O–H groups in total. The quantitative estimate of drug-likeness (QED) is 0.753. The summed E-state index contributed by atoms with van der Waals surface area (Å²) < 4.78 is 5.51. The molecule has 0 spiro atoms. The van der Waals surface area contributed by atoms with Crippen LogP contribution >= 0.6 is 11.8 Å². The number of nitrogens with one attached hydrogen (secondary N) is 1. The van der Waals surface area contributed by atoms with Crippen LogP contribution in [0, 0.1) is 5.41 Å². The lowest BCUT2D eigenvalue weighted by molar-refractivity contribution is -0.00345. The molecule has 3 nitrogen and oxygen atoms in total. The summed E-state index contributed by atoms with van der Waals surface area (Å²) in [5.74, 6) is 1.21. The summed E-state index contributed by atoms with van der Waals surface area (Å²) in [5, 5.41) is 3.37. The van der Waals surface area contributed by atoms with Gasteiger partial charge in [-0.3, -0.25) is 0 Å². The molecule has 1 saturated heterocycles. The van der Waals surface area contributed by atoms with E-state index in [0.29, 0.717) is 11.5 Å². The van der Waals surface area contributed by atoms with Gasteiger partial charge in [0.15, 0.2) is 0 Å². The molecule has 0 aromatic carbocycles. The standard InChI is InChI=1S/C13H28N2OS/c1-12(9-17-4)15(3)11-13(10-14-2)5-7-16-8-6-13/h12,14H,5-11H2,1-4H3. The minimum absolute atomic E-state index is 0.411. The smallest absolute Gasteiger partial charge is 0.0472 e. The van der Waals surface area contributed by atoms with E-state index in [9.17, 15) is 0 Å². The summed E-state index contributed by atoms with van der Waals surface area (Å²) in [6.07, 6.45) is 4.55. The zero-order valence-corrected chi connectivity index (χ0v) is 12.6. The van der Waals surface area contributed by atoms with Crippen molar-refractivity contribution in [2.75, 3.05) is 52.4 Å². The van der Waals surface area contributed by atoms with Crippen molar-refractivity contribution in [3.8, 4) is 0 Å². The van der Waals surface area contributed by atoms with E-state index in [-0.39, 0.29) is 0 Å². The molecule has 4 heteroatoms. The lowest BCUT2D eigenvalue weighted by Crippen LogP contribution is -2.48. The molecule has 1 atom stereocenters. The Balaban J connectivity index is 2.52. The molecule has 1 aliphatic rings. The second-order valence-corrected chi connectivity index (χ2v) is 6.27. The number of hydrogen-bond donors (Lipinski definition) is 1. The molecule has 0 amide bonds. The van der Waals surface area contributed by atoms with Crippen LogP contribution in [0.25, 0.3) is 0 Å². The normalized spacial score (nSPS) is 21.7. The van der Waals surface area contributed by atoms with E-state index in [4.69, 9.17) is 4.74 Å². The Morgan fingerprint density at radius 1 is 1.41 bits per heavy atom. The summed E-state index contributed by atoms with van der Waals surface area (Å²) in [5.41, 5.74) is 0.411. The molecule has 102 valence electrons. The highest BCUT2D eigenvalue weighted by Gasteiger charge is 2.33. The Morgan fingerprint density at radius 2 is 2.06 bits per heavy atom. The number of thioether (sulfide) groups is 1. The molecular formula is C13H28N2OS. The Bertz CT molecular complexity index is 202. The van der Waals surface area contributed by atoms with Gasteiger partial charge >= 0.3 is 0 Å². The van der Waals surface area contributed by atoms with Gasteiger partial charge in [0.2, 0.25) is 0 Å². The van der Waals surface area contributed by atoms with Gasteiger partial charge in [0, 0.05) is 38.1 Å². The third kappa shape index (κ3) is 4.78. The van der Waals surface area contributed by atoms with Crippen molar-refractivity contribution in [2.45, 2.75) is 25.8 Å². The molecule has 0 saturated carbocycles. The van der Waals surface area contributed by atoms with Crippen molar-refractivity contribution in [3.05, 3.63) is 0 Å². The van der Waals surface area contributed by atoms with Gasteiger partial charge in [0.1, 0.15) is 0 Å². The third-order valence-corrected chi connectivity index (χ3v) is 4.67. The first-order chi connectivity index (χ1) is 8.13. The second-order valence-electron chi connectivity index (χ2n) is 5.36. The first-order valence-electron chi connectivity index (χ1n) is 6.55. The SMILES string of the molecule is CNCC1(CN(C)C(C)CSC)CCOCC1. The maximum atomic E-state index is 5.51. The fraction of sp³-hybridized carbons (Fsp3) is 1.00. The topological polar surface area (TPSA) is 24.5 Å². The van der Waals surface area contributed by atoms with Crippen LogP contribution in [0.2, 0.25) is 0 Å². The maximum Gasteiger partial charge on any atom is 0.0472 e. The van der Waals surface area contributed by atoms with Gasteiger partial charge in [-0.1, -0.05) is 0 Å². The molecule has 1 unspecified atom stereocenters. The second kappa shape index (κ2) is 7.62. The van der Waals surface area contributed by atoms with Crippen molar-refractivity contribution in [1.82, 2.24) is 10.2 Å². The van der Waals surface area contributed by atoms with Crippen molar-refractivity contribution < 1.29 is 4.74 Å². The van der Waals surface area contributed by atoms with E-state index >= 15 is 0 Å². The maximum absolute atomic E-state index is 5.51. The first kappa shape index (κ1) is 15.3. The average Bonchev–Trinajstić information content (AvgIpc) is 2.30. The summed E-state index contributed by atoms with van der Waals surface area (Å²) in [4.78, 5) is 2.51. The largest absolute Gasteiger partial charge is 0.381 e. The number of nitrogens with zero attached hydrogens (tertiary/aromatic N) is 1. The Kier molecular flexibility index (Phi) is 6.85. The average molecular weight is 260 g/mol. The van der Waals surface area contributed by atoms with Crippen LogP contribution < -0.4 is 5.32 Å². The summed E-state index contributed by atoms with van der Waals surface area (Å²) in [7, 11) is 4.32. The van der Waals surface area contributed by atoms with Crippen LogP contribution in [-0.4, -0.2) is 63.3 Å². The molecule has 0 aliphatic carbocycles. The van der Waals surface area contributed by atoms with E-state index < -0.39 is 0 Å². The zero-order valence-electron chi connectivity index (χ0n) is 11.8. The highest BCUT2D eigenvalue weighted by atomic mass is 32.2. The minimum atomic E-state index is 0.411. The minimum Gasteiger partial charge on any atom is -0.381 e. The van der Waals surface area contributed by atoms with Crippen LogP contribution in [0.5, 0.6) is 0 Å². The molecule has 1 heterocycles. The molecular weight excluding hydrogens is 232 g/mol. The predicted molar refractivity (Wildman–Crippen MR) is 76.9 cm³/mol. The molecule has 1 aliphatic heterocycles. The van der Waals surface area contributed by atoms with Crippen molar-refractivity contribution in [3.63, 3.8) is 0 Å².